The largest absolute Gasteiger partial charge is 0.278 e. The zero-order valence-electron chi connectivity index (χ0n) is 6.29. The molecule has 1 N–H and O–H groups in total. The third kappa shape index (κ3) is 1.28. The minimum atomic E-state index is 1.03. The Balaban J connectivity index is 2.55. The molecule has 0 amide bonds. The van der Waals surface area contributed by atoms with Gasteiger partial charge in [-0.05, 0) is 12.1 Å². The van der Waals surface area contributed by atoms with Crippen molar-refractivity contribution in [2.45, 2.75) is 0 Å². The van der Waals surface area contributed by atoms with Crippen LogP contribution in [0.5, 0.6) is 0 Å². The number of H-pyrrole nitrogens is 1. The van der Waals surface area contributed by atoms with Crippen LogP contribution in [0.1, 0.15) is 0 Å². The van der Waals surface area contributed by atoms with Crippen LogP contribution in [-0.4, -0.2) is 10.2 Å². The lowest BCUT2D eigenvalue weighted by Crippen LogP contribution is -1.78. The molecule has 0 bridgehead atoms. The van der Waals surface area contributed by atoms with Gasteiger partial charge >= 0.3 is 0 Å². The molecule has 2 aromatic rings. The molecule has 0 aliphatic carbocycles. The second kappa shape index (κ2) is 3.11. The molecule has 0 saturated carbocycles. The summed E-state index contributed by atoms with van der Waals surface area (Å²) < 4.78 is 1.08. The molecule has 2 rings (SSSR count). The zero-order chi connectivity index (χ0) is 8.39. The number of hydrogen-bond donors (Lipinski definition) is 1. The van der Waals surface area contributed by atoms with Gasteiger partial charge in [0.1, 0.15) is 0 Å². The van der Waals surface area contributed by atoms with Crippen molar-refractivity contribution in [3.05, 3.63) is 41.0 Å². The molecule has 0 unspecified atom stereocenters. The maximum atomic E-state index is 3.89. The first kappa shape index (κ1) is 7.55. The van der Waals surface area contributed by atoms with Crippen LogP contribution in [-0.2, 0) is 0 Å². The summed E-state index contributed by atoms with van der Waals surface area (Å²) in [6.45, 7) is 0. The number of halogens is 1. The summed E-state index contributed by atoms with van der Waals surface area (Å²) in [5.41, 5.74) is 2.16. The molecule has 0 spiro atoms. The van der Waals surface area contributed by atoms with Crippen molar-refractivity contribution in [3.8, 4) is 11.3 Å². The molecular formula is C9H7BrN2. The lowest BCUT2D eigenvalue weighted by atomic mass is 10.2. The molecule has 1 aromatic carbocycles. The topological polar surface area (TPSA) is 28.7 Å². The summed E-state index contributed by atoms with van der Waals surface area (Å²) in [6, 6.07) is 9.98. The summed E-state index contributed by atoms with van der Waals surface area (Å²) in [6.07, 6.45) is 1.74. The smallest absolute Gasteiger partial charge is 0.0661 e. The van der Waals surface area contributed by atoms with Crippen LogP contribution in [0.15, 0.2) is 41.0 Å². The fourth-order valence-corrected chi connectivity index (χ4v) is 1.58. The van der Waals surface area contributed by atoms with Gasteiger partial charge in [0.05, 0.1) is 5.69 Å². The molecule has 0 aliphatic rings. The van der Waals surface area contributed by atoms with Crippen molar-refractivity contribution in [1.29, 1.82) is 0 Å². The fourth-order valence-electron chi connectivity index (χ4n) is 1.09. The number of nitrogens with zero attached hydrogens (tertiary/aromatic N) is 1. The van der Waals surface area contributed by atoms with E-state index in [1.807, 2.05) is 30.3 Å². The van der Waals surface area contributed by atoms with E-state index >= 15 is 0 Å². The van der Waals surface area contributed by atoms with Crippen molar-refractivity contribution in [3.63, 3.8) is 0 Å². The summed E-state index contributed by atoms with van der Waals surface area (Å²) in [4.78, 5) is 0. The first-order valence-electron chi connectivity index (χ1n) is 3.62. The van der Waals surface area contributed by atoms with Crippen LogP contribution in [0.2, 0.25) is 0 Å². The summed E-state index contributed by atoms with van der Waals surface area (Å²) in [7, 11) is 0. The van der Waals surface area contributed by atoms with Gasteiger partial charge in [-0.3, -0.25) is 5.10 Å². The Bertz CT molecular complexity index is 368. The van der Waals surface area contributed by atoms with Gasteiger partial charge in [-0.15, -0.1) is 0 Å². The average molecular weight is 223 g/mol. The third-order valence-electron chi connectivity index (χ3n) is 1.66. The molecule has 3 heteroatoms. The van der Waals surface area contributed by atoms with Gasteiger partial charge in [0.25, 0.3) is 0 Å². The normalized spacial score (nSPS) is 10.1. The van der Waals surface area contributed by atoms with Gasteiger partial charge in [0.15, 0.2) is 0 Å². The van der Waals surface area contributed by atoms with E-state index in [-0.39, 0.29) is 0 Å². The number of hydrogen-bond acceptors (Lipinski definition) is 1. The Morgan fingerprint density at radius 3 is 2.67 bits per heavy atom. The maximum absolute atomic E-state index is 3.89. The van der Waals surface area contributed by atoms with Crippen LogP contribution in [0, 0.1) is 0 Å². The van der Waals surface area contributed by atoms with Crippen molar-refractivity contribution in [2.24, 2.45) is 0 Å². The van der Waals surface area contributed by atoms with E-state index in [1.165, 1.54) is 0 Å². The Hall–Kier alpha value is -1.09. The zero-order valence-corrected chi connectivity index (χ0v) is 7.88. The minimum Gasteiger partial charge on any atom is -0.278 e. The average Bonchev–Trinajstić information content (AvgIpc) is 2.57. The van der Waals surface area contributed by atoms with E-state index < -0.39 is 0 Å². The molecule has 0 atom stereocenters. The Morgan fingerprint density at radius 2 is 2.00 bits per heavy atom. The quantitative estimate of drug-likeness (QED) is 0.791. The third-order valence-corrected chi connectivity index (χ3v) is 2.36. The molecule has 12 heavy (non-hydrogen) atoms. The predicted octanol–water partition coefficient (Wildman–Crippen LogP) is 2.84. The summed E-state index contributed by atoms with van der Waals surface area (Å²) in [5.74, 6) is 0. The van der Waals surface area contributed by atoms with E-state index in [4.69, 9.17) is 0 Å². The Kier molecular flexibility index (Phi) is 1.96. The molecule has 1 heterocycles. The van der Waals surface area contributed by atoms with Crippen LogP contribution in [0.25, 0.3) is 11.3 Å². The Morgan fingerprint density at radius 1 is 1.17 bits per heavy atom. The highest BCUT2D eigenvalue weighted by Crippen LogP contribution is 2.25. The molecular weight excluding hydrogens is 216 g/mol. The summed E-state index contributed by atoms with van der Waals surface area (Å²) in [5, 5.41) is 6.81. The second-order valence-electron chi connectivity index (χ2n) is 2.45. The SMILES string of the molecule is Brc1ccccc1-c1ccn[nH]1. The van der Waals surface area contributed by atoms with Crippen molar-refractivity contribution in [1.82, 2.24) is 10.2 Å². The fraction of sp³-hybridized carbons (Fsp3) is 0. The number of benzene rings is 1. The standard InChI is InChI=1S/C9H7BrN2/c10-8-4-2-1-3-7(8)9-5-6-11-12-9/h1-6H,(H,11,12). The van der Waals surface area contributed by atoms with Gasteiger partial charge < -0.3 is 0 Å². The molecule has 60 valence electrons. The highest BCUT2D eigenvalue weighted by atomic mass is 79.9. The molecule has 0 aliphatic heterocycles. The van der Waals surface area contributed by atoms with Crippen molar-refractivity contribution in [2.75, 3.05) is 0 Å². The van der Waals surface area contributed by atoms with Crippen LogP contribution < -0.4 is 0 Å². The first-order valence-corrected chi connectivity index (χ1v) is 4.41. The van der Waals surface area contributed by atoms with Crippen molar-refractivity contribution < 1.29 is 0 Å². The number of nitrogens with one attached hydrogen (secondary N) is 1. The minimum absolute atomic E-state index is 1.03. The van der Waals surface area contributed by atoms with Crippen LogP contribution >= 0.6 is 15.9 Å². The van der Waals surface area contributed by atoms with Gasteiger partial charge in [-0.2, -0.15) is 5.10 Å². The highest BCUT2D eigenvalue weighted by Gasteiger charge is 2.01. The monoisotopic (exact) mass is 222 g/mol. The van der Waals surface area contributed by atoms with Gasteiger partial charge in [0, 0.05) is 16.2 Å². The molecule has 0 saturated heterocycles. The van der Waals surface area contributed by atoms with Gasteiger partial charge in [0.2, 0.25) is 0 Å². The molecule has 0 radical (unpaired) electrons. The van der Waals surface area contributed by atoms with Crippen LogP contribution in [0.3, 0.4) is 0 Å². The number of aromatic nitrogens is 2. The number of rotatable bonds is 1. The van der Waals surface area contributed by atoms with Crippen LogP contribution in [0.4, 0.5) is 0 Å². The van der Waals surface area contributed by atoms with Gasteiger partial charge in [-0.1, -0.05) is 34.1 Å². The second-order valence-corrected chi connectivity index (χ2v) is 3.30. The summed E-state index contributed by atoms with van der Waals surface area (Å²) >= 11 is 3.47. The van der Waals surface area contributed by atoms with E-state index in [0.29, 0.717) is 0 Å². The first-order chi connectivity index (χ1) is 5.88. The molecule has 0 fully saturated rings. The molecule has 1 aromatic heterocycles. The van der Waals surface area contributed by atoms with E-state index in [2.05, 4.69) is 26.1 Å². The van der Waals surface area contributed by atoms with E-state index in [1.54, 1.807) is 6.20 Å². The van der Waals surface area contributed by atoms with E-state index in [9.17, 15) is 0 Å². The van der Waals surface area contributed by atoms with Crippen molar-refractivity contribution >= 4 is 15.9 Å². The number of aromatic amines is 1. The maximum Gasteiger partial charge on any atom is 0.0661 e. The molecule has 2 nitrogen and oxygen atoms in total. The highest BCUT2D eigenvalue weighted by molar-refractivity contribution is 9.10. The predicted molar refractivity (Wildman–Crippen MR) is 51.7 cm³/mol. The van der Waals surface area contributed by atoms with E-state index in [0.717, 1.165) is 15.7 Å². The lowest BCUT2D eigenvalue weighted by Gasteiger charge is -1.98. The van der Waals surface area contributed by atoms with Gasteiger partial charge in [-0.25, -0.2) is 0 Å². The Labute approximate surface area is 78.8 Å². The lowest BCUT2D eigenvalue weighted by molar-refractivity contribution is 1.09.